The van der Waals surface area contributed by atoms with Crippen LogP contribution in [0.3, 0.4) is 0 Å². The fourth-order valence-corrected chi connectivity index (χ4v) is 2.96. The number of nitrogens with zero attached hydrogens (tertiary/aromatic N) is 2. The van der Waals surface area contributed by atoms with Crippen molar-refractivity contribution in [3.63, 3.8) is 0 Å². The second-order valence-electron chi connectivity index (χ2n) is 6.32. The molecule has 0 saturated carbocycles. The van der Waals surface area contributed by atoms with Crippen LogP contribution in [0.5, 0.6) is 0 Å². The van der Waals surface area contributed by atoms with Gasteiger partial charge in [-0.3, -0.25) is 14.6 Å². The van der Waals surface area contributed by atoms with Gasteiger partial charge in [0.05, 0.1) is 6.04 Å². The van der Waals surface area contributed by atoms with Crippen molar-refractivity contribution in [3.05, 3.63) is 41.4 Å². The first-order chi connectivity index (χ1) is 11.6. The number of pyridine rings is 1. The molecule has 0 fully saturated rings. The number of aromatic nitrogens is 1. The molecule has 0 spiro atoms. The molecule has 5 heteroatoms. The van der Waals surface area contributed by atoms with Crippen LogP contribution in [0.4, 0.5) is 0 Å². The Morgan fingerprint density at radius 3 is 2.71 bits per heavy atom. The van der Waals surface area contributed by atoms with E-state index < -0.39 is 6.04 Å². The van der Waals surface area contributed by atoms with Gasteiger partial charge in [-0.05, 0) is 25.0 Å². The summed E-state index contributed by atoms with van der Waals surface area (Å²) in [6.45, 7) is 4.22. The van der Waals surface area contributed by atoms with Gasteiger partial charge in [0.1, 0.15) is 11.3 Å². The first kappa shape index (κ1) is 18.2. The van der Waals surface area contributed by atoms with Gasteiger partial charge in [-0.15, -0.1) is 0 Å². The number of rotatable bonds is 9. The number of aliphatic hydroxyl groups is 1. The van der Waals surface area contributed by atoms with Gasteiger partial charge in [-0.25, -0.2) is 0 Å². The molecule has 1 aliphatic rings. The zero-order valence-electron chi connectivity index (χ0n) is 14.5. The number of amides is 1. The van der Waals surface area contributed by atoms with Crippen molar-refractivity contribution < 1.29 is 14.7 Å². The molecular formula is C19H26N2O3. The molecule has 1 unspecified atom stereocenters. The molecule has 0 radical (unpaired) electrons. The summed E-state index contributed by atoms with van der Waals surface area (Å²) >= 11 is 0. The molecule has 0 aromatic carbocycles. The number of hydrogen-bond acceptors (Lipinski definition) is 4. The Bertz CT molecular complexity index is 610. The minimum absolute atomic E-state index is 0.0260. The topological polar surface area (TPSA) is 70.5 Å². The zero-order valence-corrected chi connectivity index (χ0v) is 14.5. The van der Waals surface area contributed by atoms with Crippen molar-refractivity contribution in [1.29, 1.82) is 0 Å². The van der Waals surface area contributed by atoms with Crippen LogP contribution >= 0.6 is 0 Å². The summed E-state index contributed by atoms with van der Waals surface area (Å²) in [4.78, 5) is 30.5. The molecule has 2 heterocycles. The van der Waals surface area contributed by atoms with Gasteiger partial charge in [0.2, 0.25) is 0 Å². The summed E-state index contributed by atoms with van der Waals surface area (Å²) in [6.07, 6.45) is 8.84. The number of aliphatic hydroxyl groups excluding tert-OH is 1. The largest absolute Gasteiger partial charge is 0.509 e. The fraction of sp³-hybridized carbons (Fsp3) is 0.526. The lowest BCUT2D eigenvalue weighted by molar-refractivity contribution is -0.129. The second kappa shape index (κ2) is 8.62. The van der Waals surface area contributed by atoms with Crippen molar-refractivity contribution in [1.82, 2.24) is 9.88 Å². The van der Waals surface area contributed by atoms with Gasteiger partial charge in [-0.2, -0.15) is 0 Å². The maximum Gasteiger partial charge on any atom is 0.261 e. The molecule has 1 atom stereocenters. The predicted octanol–water partition coefficient (Wildman–Crippen LogP) is 3.55. The van der Waals surface area contributed by atoms with Crippen LogP contribution in [0.15, 0.2) is 35.9 Å². The number of ketones is 1. The van der Waals surface area contributed by atoms with E-state index in [1.54, 1.807) is 25.4 Å². The quantitative estimate of drug-likeness (QED) is 0.555. The van der Waals surface area contributed by atoms with Crippen molar-refractivity contribution in [3.8, 4) is 0 Å². The van der Waals surface area contributed by atoms with Gasteiger partial charge in [0.25, 0.3) is 5.91 Å². The summed E-state index contributed by atoms with van der Waals surface area (Å²) < 4.78 is 0. The summed E-state index contributed by atoms with van der Waals surface area (Å²) in [5, 5.41) is 10.3. The molecule has 1 N–H and O–H groups in total. The highest BCUT2D eigenvalue weighted by molar-refractivity contribution is 6.21. The van der Waals surface area contributed by atoms with E-state index >= 15 is 0 Å². The SMILES string of the molecule is CCCCCCCC(=O)C1=C(O)C(C)N(Cc2cccnc2)C1=O. The van der Waals surface area contributed by atoms with E-state index in [2.05, 4.69) is 11.9 Å². The van der Waals surface area contributed by atoms with Crippen molar-refractivity contribution >= 4 is 11.7 Å². The van der Waals surface area contributed by atoms with E-state index in [4.69, 9.17) is 0 Å². The highest BCUT2D eigenvalue weighted by atomic mass is 16.3. The standard InChI is InChI=1S/C19H26N2O3/c1-3-4-5-6-7-10-16(22)17-18(23)14(2)21(19(17)24)13-15-9-8-11-20-12-15/h8-9,11-12,14,23H,3-7,10,13H2,1-2H3. The number of unbranched alkanes of at least 4 members (excludes halogenated alkanes) is 4. The van der Waals surface area contributed by atoms with Gasteiger partial charge < -0.3 is 10.0 Å². The molecule has 5 nitrogen and oxygen atoms in total. The average Bonchev–Trinajstić information content (AvgIpc) is 2.79. The molecule has 0 bridgehead atoms. The maximum absolute atomic E-state index is 12.6. The zero-order chi connectivity index (χ0) is 17.5. The number of hydrogen-bond donors (Lipinski definition) is 1. The molecule has 1 aliphatic heterocycles. The summed E-state index contributed by atoms with van der Waals surface area (Å²) in [5.74, 6) is -0.709. The van der Waals surface area contributed by atoms with Gasteiger partial charge in [0.15, 0.2) is 5.78 Å². The van der Waals surface area contributed by atoms with Crippen LogP contribution in [0.2, 0.25) is 0 Å². The van der Waals surface area contributed by atoms with Crippen molar-refractivity contribution in [2.45, 2.75) is 65.0 Å². The highest BCUT2D eigenvalue weighted by Crippen LogP contribution is 2.27. The lowest BCUT2D eigenvalue weighted by atomic mass is 10.0. The molecule has 1 amide bonds. The Morgan fingerprint density at radius 1 is 1.29 bits per heavy atom. The molecular weight excluding hydrogens is 304 g/mol. The molecule has 1 aromatic heterocycles. The summed E-state index contributed by atoms with van der Waals surface area (Å²) in [7, 11) is 0. The first-order valence-electron chi connectivity index (χ1n) is 8.72. The minimum Gasteiger partial charge on any atom is -0.509 e. The Balaban J connectivity index is 1.97. The Morgan fingerprint density at radius 2 is 2.04 bits per heavy atom. The molecule has 0 aliphatic carbocycles. The number of Topliss-reactive ketones (excluding diaryl/α,β-unsaturated/α-hetero) is 1. The third-order valence-corrected chi connectivity index (χ3v) is 4.46. The normalized spacial score (nSPS) is 17.7. The lowest BCUT2D eigenvalue weighted by Gasteiger charge is -2.22. The molecule has 1 aromatic rings. The van der Waals surface area contributed by atoms with Crippen LogP contribution in [0, 0.1) is 0 Å². The van der Waals surface area contributed by atoms with Gasteiger partial charge in [0, 0.05) is 25.4 Å². The Kier molecular flexibility index (Phi) is 6.53. The van der Waals surface area contributed by atoms with Crippen LogP contribution in [-0.4, -0.2) is 32.7 Å². The molecule has 0 saturated heterocycles. The molecule has 2 rings (SSSR count). The second-order valence-corrected chi connectivity index (χ2v) is 6.32. The molecule has 24 heavy (non-hydrogen) atoms. The van der Waals surface area contributed by atoms with Gasteiger partial charge >= 0.3 is 0 Å². The Labute approximate surface area is 143 Å². The van der Waals surface area contributed by atoms with E-state index in [-0.39, 0.29) is 23.0 Å². The third-order valence-electron chi connectivity index (χ3n) is 4.46. The van der Waals surface area contributed by atoms with Gasteiger partial charge in [-0.1, -0.05) is 38.7 Å². The van der Waals surface area contributed by atoms with E-state index in [0.29, 0.717) is 13.0 Å². The molecule has 130 valence electrons. The van der Waals surface area contributed by atoms with E-state index in [9.17, 15) is 14.7 Å². The fourth-order valence-electron chi connectivity index (χ4n) is 2.96. The smallest absolute Gasteiger partial charge is 0.261 e. The van der Waals surface area contributed by atoms with Crippen LogP contribution in [-0.2, 0) is 16.1 Å². The maximum atomic E-state index is 12.6. The van der Waals surface area contributed by atoms with Crippen molar-refractivity contribution in [2.24, 2.45) is 0 Å². The summed E-state index contributed by atoms with van der Waals surface area (Å²) in [6, 6.07) is 3.20. The highest BCUT2D eigenvalue weighted by Gasteiger charge is 2.39. The minimum atomic E-state index is -0.475. The number of carbonyl (C=O) groups is 2. The van der Waals surface area contributed by atoms with Crippen LogP contribution < -0.4 is 0 Å². The predicted molar refractivity (Wildman–Crippen MR) is 92.3 cm³/mol. The summed E-state index contributed by atoms with van der Waals surface area (Å²) in [5.41, 5.74) is 0.848. The van der Waals surface area contributed by atoms with Crippen molar-refractivity contribution in [2.75, 3.05) is 0 Å². The van der Waals surface area contributed by atoms with Crippen LogP contribution in [0.1, 0.15) is 57.9 Å². The van der Waals surface area contributed by atoms with E-state index in [1.165, 1.54) is 4.90 Å². The lowest BCUT2D eigenvalue weighted by Crippen LogP contribution is -2.33. The van der Waals surface area contributed by atoms with Crippen LogP contribution in [0.25, 0.3) is 0 Å². The Hall–Kier alpha value is -2.17. The monoisotopic (exact) mass is 330 g/mol. The van der Waals surface area contributed by atoms with E-state index in [1.807, 2.05) is 6.07 Å². The third kappa shape index (κ3) is 4.22. The average molecular weight is 330 g/mol. The van der Waals surface area contributed by atoms with E-state index in [0.717, 1.165) is 37.7 Å². The first-order valence-corrected chi connectivity index (χ1v) is 8.72. The number of carbonyl (C=O) groups excluding carboxylic acids is 2.